The van der Waals surface area contributed by atoms with Crippen LogP contribution in [-0.4, -0.2) is 24.1 Å². The van der Waals surface area contributed by atoms with Gasteiger partial charge in [-0.25, -0.2) is 4.39 Å². The number of ketones is 2. The van der Waals surface area contributed by atoms with Crippen molar-refractivity contribution >= 4 is 23.6 Å². The molecule has 0 spiro atoms. The lowest BCUT2D eigenvalue weighted by Gasteiger charge is -2.24. The predicted molar refractivity (Wildman–Crippen MR) is 89.6 cm³/mol. The number of benzene rings is 2. The van der Waals surface area contributed by atoms with Crippen LogP contribution in [0.3, 0.4) is 0 Å². The molecule has 2 aromatic carbocycles. The van der Waals surface area contributed by atoms with Crippen molar-refractivity contribution in [3.8, 4) is 0 Å². The monoisotopic (exact) mass is 338 g/mol. The summed E-state index contributed by atoms with van der Waals surface area (Å²) in [6, 6.07) is 11.8. The molecule has 1 aliphatic rings. The van der Waals surface area contributed by atoms with Crippen LogP contribution in [0, 0.1) is 11.7 Å². The van der Waals surface area contributed by atoms with Gasteiger partial charge >= 0.3 is 5.97 Å². The van der Waals surface area contributed by atoms with E-state index in [-0.39, 0.29) is 23.3 Å². The average molecular weight is 338 g/mol. The lowest BCUT2D eigenvalue weighted by atomic mass is 9.77. The molecule has 0 radical (unpaired) electrons. The van der Waals surface area contributed by atoms with Gasteiger partial charge in [0.1, 0.15) is 11.7 Å². The van der Waals surface area contributed by atoms with Gasteiger partial charge in [-0.1, -0.05) is 36.4 Å². The number of carbonyl (C=O) groups excluding carboxylic acids is 3. The van der Waals surface area contributed by atoms with E-state index in [0.29, 0.717) is 5.56 Å². The fourth-order valence-electron chi connectivity index (χ4n) is 2.83. The molecule has 2 aromatic rings. The summed E-state index contributed by atoms with van der Waals surface area (Å²) >= 11 is 0. The number of fused-ring (bicyclic) bond motifs is 1. The topological polar surface area (TPSA) is 60.4 Å². The lowest BCUT2D eigenvalue weighted by molar-refractivity contribution is -0.144. The molecule has 0 aromatic heterocycles. The third-order valence-corrected chi connectivity index (χ3v) is 3.99. The van der Waals surface area contributed by atoms with Gasteiger partial charge in [0.25, 0.3) is 0 Å². The summed E-state index contributed by atoms with van der Waals surface area (Å²) in [5.74, 6) is -3.36. The SMILES string of the molecule is CCOC(=O)[C@@H]1C(=O)c2ccccc2C(=O)/C1=C\c1ccc(F)cc1. The first-order chi connectivity index (χ1) is 12.0. The Kier molecular flexibility index (Phi) is 4.57. The van der Waals surface area contributed by atoms with Crippen LogP contribution in [0.1, 0.15) is 33.2 Å². The van der Waals surface area contributed by atoms with Crippen LogP contribution in [0.15, 0.2) is 54.1 Å². The zero-order valence-corrected chi connectivity index (χ0v) is 13.5. The Labute approximate surface area is 143 Å². The second kappa shape index (κ2) is 6.81. The number of Topliss-reactive ketones (excluding diaryl/α,β-unsaturated/α-hetero) is 2. The van der Waals surface area contributed by atoms with Crippen LogP contribution in [0.2, 0.25) is 0 Å². The van der Waals surface area contributed by atoms with Crippen molar-refractivity contribution in [1.82, 2.24) is 0 Å². The van der Waals surface area contributed by atoms with Gasteiger partial charge in [-0.3, -0.25) is 14.4 Å². The van der Waals surface area contributed by atoms with Crippen molar-refractivity contribution in [3.63, 3.8) is 0 Å². The smallest absolute Gasteiger partial charge is 0.321 e. The van der Waals surface area contributed by atoms with Crippen molar-refractivity contribution in [1.29, 1.82) is 0 Å². The van der Waals surface area contributed by atoms with Crippen LogP contribution in [0.5, 0.6) is 0 Å². The standard InChI is InChI=1S/C20H15FO4/c1-2-25-20(24)17-16(11-12-7-9-13(21)10-8-12)18(22)14-5-3-4-6-15(14)19(17)23/h3-11,17H,2H2,1H3/b16-11-/t17-/m0/s1. The minimum Gasteiger partial charge on any atom is -0.465 e. The molecule has 0 amide bonds. The van der Waals surface area contributed by atoms with Crippen molar-refractivity contribution < 1.29 is 23.5 Å². The maximum Gasteiger partial charge on any atom is 0.321 e. The molecule has 5 heteroatoms. The van der Waals surface area contributed by atoms with Gasteiger partial charge in [-0.15, -0.1) is 0 Å². The Balaban J connectivity index is 2.15. The summed E-state index contributed by atoms with van der Waals surface area (Å²) in [7, 11) is 0. The molecule has 0 heterocycles. The van der Waals surface area contributed by atoms with E-state index in [1.165, 1.54) is 36.4 Å². The van der Waals surface area contributed by atoms with Crippen molar-refractivity contribution in [2.75, 3.05) is 6.61 Å². The molecule has 0 saturated heterocycles. The highest BCUT2D eigenvalue weighted by atomic mass is 19.1. The molecular weight excluding hydrogens is 323 g/mol. The third-order valence-electron chi connectivity index (χ3n) is 3.99. The predicted octanol–water partition coefficient (Wildman–Crippen LogP) is 3.47. The maximum absolute atomic E-state index is 13.1. The van der Waals surface area contributed by atoms with Gasteiger partial charge in [0, 0.05) is 16.7 Å². The van der Waals surface area contributed by atoms with E-state index in [9.17, 15) is 18.8 Å². The first kappa shape index (κ1) is 16.8. The van der Waals surface area contributed by atoms with E-state index in [0.717, 1.165) is 0 Å². The number of esters is 1. The average Bonchev–Trinajstić information content (AvgIpc) is 2.61. The first-order valence-electron chi connectivity index (χ1n) is 7.84. The van der Waals surface area contributed by atoms with E-state index in [4.69, 9.17) is 4.74 Å². The summed E-state index contributed by atoms with van der Waals surface area (Å²) in [6.07, 6.45) is 1.44. The fraction of sp³-hybridized carbons (Fsp3) is 0.150. The number of hydrogen-bond acceptors (Lipinski definition) is 4. The molecule has 0 aliphatic heterocycles. The number of rotatable bonds is 3. The van der Waals surface area contributed by atoms with Crippen LogP contribution in [-0.2, 0) is 9.53 Å². The van der Waals surface area contributed by atoms with E-state index < -0.39 is 29.3 Å². The minimum absolute atomic E-state index is 0.0359. The number of ether oxygens (including phenoxy) is 1. The zero-order chi connectivity index (χ0) is 18.0. The van der Waals surface area contributed by atoms with Gasteiger partial charge in [0.05, 0.1) is 6.61 Å². The molecular formula is C20H15FO4. The van der Waals surface area contributed by atoms with Crippen molar-refractivity contribution in [2.24, 2.45) is 5.92 Å². The third kappa shape index (κ3) is 3.13. The molecule has 4 nitrogen and oxygen atoms in total. The van der Waals surface area contributed by atoms with Crippen LogP contribution >= 0.6 is 0 Å². The van der Waals surface area contributed by atoms with Crippen molar-refractivity contribution in [2.45, 2.75) is 6.92 Å². The Hall–Kier alpha value is -3.08. The summed E-state index contributed by atoms with van der Waals surface area (Å²) in [5.41, 5.74) is 1.02. The fourth-order valence-corrected chi connectivity index (χ4v) is 2.83. The molecule has 0 bridgehead atoms. The highest BCUT2D eigenvalue weighted by Crippen LogP contribution is 2.32. The molecule has 1 aliphatic carbocycles. The molecule has 0 N–H and O–H groups in total. The van der Waals surface area contributed by atoms with Gasteiger partial charge in [-0.05, 0) is 30.7 Å². The molecule has 3 rings (SSSR count). The number of hydrogen-bond donors (Lipinski definition) is 0. The van der Waals surface area contributed by atoms with Crippen LogP contribution in [0.25, 0.3) is 6.08 Å². The molecule has 0 unspecified atom stereocenters. The summed E-state index contributed by atoms with van der Waals surface area (Å²) in [4.78, 5) is 38.0. The van der Waals surface area contributed by atoms with E-state index in [2.05, 4.69) is 0 Å². The highest BCUT2D eigenvalue weighted by molar-refractivity contribution is 6.29. The molecule has 0 saturated carbocycles. The second-order valence-corrected chi connectivity index (χ2v) is 5.58. The Bertz CT molecular complexity index is 881. The quantitative estimate of drug-likeness (QED) is 0.488. The summed E-state index contributed by atoms with van der Waals surface area (Å²) in [6.45, 7) is 1.73. The van der Waals surface area contributed by atoms with Gasteiger partial charge in [0.2, 0.25) is 0 Å². The molecule has 1 atom stereocenters. The molecule has 25 heavy (non-hydrogen) atoms. The summed E-state index contributed by atoms with van der Waals surface area (Å²) in [5, 5.41) is 0. The first-order valence-corrected chi connectivity index (χ1v) is 7.84. The molecule has 126 valence electrons. The Morgan fingerprint density at radius 2 is 1.72 bits per heavy atom. The lowest BCUT2D eigenvalue weighted by Crippen LogP contribution is -2.36. The molecule has 0 fully saturated rings. The Morgan fingerprint density at radius 3 is 2.36 bits per heavy atom. The van der Waals surface area contributed by atoms with Crippen LogP contribution < -0.4 is 0 Å². The van der Waals surface area contributed by atoms with E-state index >= 15 is 0 Å². The normalized spacial score (nSPS) is 18.2. The van der Waals surface area contributed by atoms with Crippen molar-refractivity contribution in [3.05, 3.63) is 76.6 Å². The van der Waals surface area contributed by atoms with Gasteiger partial charge in [0.15, 0.2) is 11.6 Å². The number of halogens is 1. The van der Waals surface area contributed by atoms with Gasteiger partial charge < -0.3 is 4.74 Å². The minimum atomic E-state index is -1.31. The van der Waals surface area contributed by atoms with E-state index in [1.54, 1.807) is 25.1 Å². The van der Waals surface area contributed by atoms with E-state index in [1.807, 2.05) is 0 Å². The zero-order valence-electron chi connectivity index (χ0n) is 13.5. The van der Waals surface area contributed by atoms with Crippen LogP contribution in [0.4, 0.5) is 4.39 Å². The summed E-state index contributed by atoms with van der Waals surface area (Å²) < 4.78 is 18.1. The highest BCUT2D eigenvalue weighted by Gasteiger charge is 2.42. The Morgan fingerprint density at radius 1 is 1.08 bits per heavy atom. The second-order valence-electron chi connectivity index (χ2n) is 5.58. The largest absolute Gasteiger partial charge is 0.465 e. The van der Waals surface area contributed by atoms with Gasteiger partial charge in [-0.2, -0.15) is 0 Å². The number of carbonyl (C=O) groups is 3. The maximum atomic E-state index is 13.1.